The zero-order valence-corrected chi connectivity index (χ0v) is 18.4. The molecule has 0 aliphatic heterocycles. The number of thioether (sulfide) groups is 1. The first-order valence-electron chi connectivity index (χ1n) is 8.09. The minimum atomic E-state index is -0.119. The van der Waals surface area contributed by atoms with E-state index in [1.807, 2.05) is 45.0 Å². The van der Waals surface area contributed by atoms with E-state index in [0.29, 0.717) is 17.1 Å². The Balaban J connectivity index is 1.81. The highest BCUT2D eigenvalue weighted by Gasteiger charge is 2.16. The van der Waals surface area contributed by atoms with Crippen LogP contribution in [0.3, 0.4) is 0 Å². The number of amides is 1. The van der Waals surface area contributed by atoms with Crippen molar-refractivity contribution >= 4 is 67.5 Å². The second kappa shape index (κ2) is 8.10. The van der Waals surface area contributed by atoms with E-state index in [-0.39, 0.29) is 17.2 Å². The lowest BCUT2D eigenvalue weighted by molar-refractivity contribution is -0.113. The fraction of sp³-hybridized carbons (Fsp3) is 0.278. The van der Waals surface area contributed by atoms with Gasteiger partial charge in [-0.15, -0.1) is 11.3 Å². The van der Waals surface area contributed by atoms with Gasteiger partial charge in [-0.3, -0.25) is 14.2 Å². The molecule has 0 unspecified atom stereocenters. The smallest absolute Gasteiger partial charge is 0.263 e. The van der Waals surface area contributed by atoms with Gasteiger partial charge in [0.15, 0.2) is 5.16 Å². The van der Waals surface area contributed by atoms with Gasteiger partial charge in [-0.2, -0.15) is 0 Å². The molecule has 0 aliphatic rings. The van der Waals surface area contributed by atoms with Crippen LogP contribution in [0.1, 0.15) is 17.4 Å². The molecule has 5 nitrogen and oxygen atoms in total. The summed E-state index contributed by atoms with van der Waals surface area (Å²) < 4.78 is 2.76. The molecule has 0 saturated heterocycles. The minimum Gasteiger partial charge on any atom is -0.325 e. The number of benzene rings is 1. The molecule has 0 atom stereocenters. The van der Waals surface area contributed by atoms with Crippen LogP contribution in [0.2, 0.25) is 0 Å². The molecule has 0 bridgehead atoms. The van der Waals surface area contributed by atoms with Crippen molar-refractivity contribution in [2.75, 3.05) is 11.1 Å². The average Bonchev–Trinajstić information content (AvgIpc) is 2.89. The van der Waals surface area contributed by atoms with Crippen LogP contribution in [0.15, 0.2) is 34.2 Å². The SMILES string of the molecule is CCn1c(SCC(=O)Nc2ccc(I)cc2)nc2sc(C)c(C)c2c1=O. The Morgan fingerprint density at radius 2 is 2.00 bits per heavy atom. The molecule has 0 aliphatic carbocycles. The third kappa shape index (κ3) is 3.96. The highest BCUT2D eigenvalue weighted by atomic mass is 127. The summed E-state index contributed by atoms with van der Waals surface area (Å²) >= 11 is 5.04. The predicted octanol–water partition coefficient (Wildman–Crippen LogP) is 4.43. The van der Waals surface area contributed by atoms with Crippen molar-refractivity contribution in [3.63, 3.8) is 0 Å². The highest BCUT2D eigenvalue weighted by Crippen LogP contribution is 2.28. The van der Waals surface area contributed by atoms with Crippen LogP contribution in [0.4, 0.5) is 5.69 Å². The van der Waals surface area contributed by atoms with Crippen molar-refractivity contribution in [2.45, 2.75) is 32.5 Å². The summed E-state index contributed by atoms with van der Waals surface area (Å²) in [5.74, 6) is 0.0829. The van der Waals surface area contributed by atoms with Crippen LogP contribution < -0.4 is 10.9 Å². The minimum absolute atomic E-state index is 0.0279. The van der Waals surface area contributed by atoms with E-state index >= 15 is 0 Å². The van der Waals surface area contributed by atoms with E-state index in [2.05, 4.69) is 32.9 Å². The molecule has 0 spiro atoms. The Kier molecular flexibility index (Phi) is 6.03. The van der Waals surface area contributed by atoms with Crippen molar-refractivity contribution in [1.29, 1.82) is 0 Å². The summed E-state index contributed by atoms with van der Waals surface area (Å²) in [4.78, 5) is 31.5. The number of thiophene rings is 1. The molecule has 1 amide bonds. The summed E-state index contributed by atoms with van der Waals surface area (Å²) in [6, 6.07) is 7.62. The lowest BCUT2D eigenvalue weighted by Gasteiger charge is -2.10. The van der Waals surface area contributed by atoms with Crippen LogP contribution in [0.5, 0.6) is 0 Å². The van der Waals surface area contributed by atoms with Crippen molar-refractivity contribution in [2.24, 2.45) is 0 Å². The molecular weight excluding hydrogens is 481 g/mol. The normalized spacial score (nSPS) is 11.1. The van der Waals surface area contributed by atoms with E-state index in [0.717, 1.165) is 24.5 Å². The molecule has 0 radical (unpaired) electrons. The molecule has 3 rings (SSSR count). The first-order valence-corrected chi connectivity index (χ1v) is 11.0. The van der Waals surface area contributed by atoms with Crippen LogP contribution in [0.25, 0.3) is 10.2 Å². The number of hydrogen-bond acceptors (Lipinski definition) is 5. The second-order valence-corrected chi connectivity index (χ2v) is 9.14. The number of nitrogens with zero attached hydrogens (tertiary/aromatic N) is 2. The third-order valence-electron chi connectivity index (χ3n) is 4.03. The number of fused-ring (bicyclic) bond motifs is 1. The zero-order chi connectivity index (χ0) is 18.8. The maximum atomic E-state index is 12.8. The van der Waals surface area contributed by atoms with Gasteiger partial charge in [0.1, 0.15) is 4.83 Å². The van der Waals surface area contributed by atoms with Gasteiger partial charge < -0.3 is 5.32 Å². The van der Waals surface area contributed by atoms with Crippen LogP contribution in [-0.4, -0.2) is 21.2 Å². The summed E-state index contributed by atoms with van der Waals surface area (Å²) in [7, 11) is 0. The van der Waals surface area contributed by atoms with E-state index < -0.39 is 0 Å². The second-order valence-electron chi connectivity index (χ2n) is 5.75. The van der Waals surface area contributed by atoms with Crippen molar-refractivity contribution in [3.8, 4) is 0 Å². The van der Waals surface area contributed by atoms with Gasteiger partial charge in [0, 0.05) is 20.7 Å². The van der Waals surface area contributed by atoms with Gasteiger partial charge in [0.25, 0.3) is 5.56 Å². The molecule has 3 aromatic rings. The number of halogens is 1. The summed E-state index contributed by atoms with van der Waals surface area (Å²) in [5, 5.41) is 4.15. The lowest BCUT2D eigenvalue weighted by atomic mass is 10.2. The Morgan fingerprint density at radius 3 is 2.65 bits per heavy atom. The average molecular weight is 499 g/mol. The first-order chi connectivity index (χ1) is 12.4. The molecule has 1 aromatic carbocycles. The van der Waals surface area contributed by atoms with Gasteiger partial charge in [-0.05, 0) is 73.2 Å². The van der Waals surface area contributed by atoms with Crippen LogP contribution in [0, 0.1) is 17.4 Å². The molecule has 8 heteroatoms. The van der Waals surface area contributed by atoms with Gasteiger partial charge in [0.05, 0.1) is 11.1 Å². The molecule has 26 heavy (non-hydrogen) atoms. The van der Waals surface area contributed by atoms with Gasteiger partial charge >= 0.3 is 0 Å². The van der Waals surface area contributed by atoms with Crippen LogP contribution >= 0.6 is 45.7 Å². The molecule has 2 aromatic heterocycles. The number of anilines is 1. The number of carbonyl (C=O) groups is 1. The van der Waals surface area contributed by atoms with Crippen molar-refractivity contribution in [1.82, 2.24) is 9.55 Å². The fourth-order valence-corrected chi connectivity index (χ4v) is 4.85. The Labute approximate surface area is 173 Å². The van der Waals surface area contributed by atoms with E-state index in [1.54, 1.807) is 4.57 Å². The molecule has 136 valence electrons. The van der Waals surface area contributed by atoms with E-state index in [1.165, 1.54) is 23.1 Å². The first kappa shape index (κ1) is 19.4. The van der Waals surface area contributed by atoms with Crippen LogP contribution in [-0.2, 0) is 11.3 Å². The topological polar surface area (TPSA) is 64.0 Å². The van der Waals surface area contributed by atoms with E-state index in [4.69, 9.17) is 0 Å². The quantitative estimate of drug-likeness (QED) is 0.321. The number of aryl methyl sites for hydroxylation is 2. The van der Waals surface area contributed by atoms with Gasteiger partial charge in [-0.1, -0.05) is 11.8 Å². The largest absolute Gasteiger partial charge is 0.325 e. The maximum Gasteiger partial charge on any atom is 0.263 e. The van der Waals surface area contributed by atoms with Gasteiger partial charge in [0.2, 0.25) is 5.91 Å². The van der Waals surface area contributed by atoms with E-state index in [9.17, 15) is 9.59 Å². The predicted molar refractivity (Wildman–Crippen MR) is 118 cm³/mol. The molecule has 0 saturated carbocycles. The molecule has 0 fully saturated rings. The summed E-state index contributed by atoms with van der Waals surface area (Å²) in [5.41, 5.74) is 1.73. The number of carbonyl (C=O) groups excluding carboxylic acids is 1. The fourth-order valence-electron chi connectivity index (χ4n) is 2.56. The Hall–Kier alpha value is -1.39. The lowest BCUT2D eigenvalue weighted by Crippen LogP contribution is -2.23. The molecule has 1 N–H and O–H groups in total. The zero-order valence-electron chi connectivity index (χ0n) is 14.6. The highest BCUT2D eigenvalue weighted by molar-refractivity contribution is 14.1. The Bertz CT molecular complexity index is 1030. The number of aromatic nitrogens is 2. The Morgan fingerprint density at radius 1 is 1.31 bits per heavy atom. The standard InChI is InChI=1S/C18H18IN3O2S2/c1-4-22-17(24)15-10(2)11(3)26-16(15)21-18(22)25-9-14(23)20-13-7-5-12(19)6-8-13/h5-8H,4,9H2,1-3H3,(H,20,23). The van der Waals surface area contributed by atoms with Gasteiger partial charge in [-0.25, -0.2) is 4.98 Å². The summed E-state index contributed by atoms with van der Waals surface area (Å²) in [6.45, 7) is 6.40. The maximum absolute atomic E-state index is 12.8. The third-order valence-corrected chi connectivity index (χ3v) is 6.83. The van der Waals surface area contributed by atoms with Crippen molar-refractivity contribution in [3.05, 3.63) is 48.6 Å². The molecular formula is C18H18IN3O2S2. The molecule has 2 heterocycles. The summed E-state index contributed by atoms with van der Waals surface area (Å²) in [6.07, 6.45) is 0. The number of nitrogens with one attached hydrogen (secondary N) is 1. The van der Waals surface area contributed by atoms with Crippen molar-refractivity contribution < 1.29 is 4.79 Å². The number of rotatable bonds is 5. The number of hydrogen-bond donors (Lipinski definition) is 1. The monoisotopic (exact) mass is 499 g/mol.